The van der Waals surface area contributed by atoms with Gasteiger partial charge in [-0.15, -0.1) is 5.73 Å². The van der Waals surface area contributed by atoms with Crippen LogP contribution in [0.15, 0.2) is 60.4 Å². The summed E-state index contributed by atoms with van der Waals surface area (Å²) < 4.78 is 35.3. The molecule has 0 aromatic heterocycles. The Bertz CT molecular complexity index is 976. The highest BCUT2D eigenvalue weighted by Gasteiger charge is 2.42. The van der Waals surface area contributed by atoms with Crippen molar-refractivity contribution < 1.29 is 38.3 Å². The van der Waals surface area contributed by atoms with Gasteiger partial charge < -0.3 is 33.5 Å². The summed E-state index contributed by atoms with van der Waals surface area (Å²) in [4.78, 5) is 11.3. The molecule has 1 N–H and O–H groups in total. The van der Waals surface area contributed by atoms with Crippen molar-refractivity contribution >= 4 is 5.97 Å². The maximum atomic E-state index is 11.3. The molecule has 1 saturated carbocycles. The number of allylic oxidation sites excluding steroid dienone is 1. The SMILES string of the molecule is COC(=O)CCC=C=CC[C@H]1C(O)CC(OC2CCCCO2)[C@@H]1/C=C/C(COc1ccccc1)OC1CCCCO1. The molecule has 1 aromatic rings. The first-order valence-electron chi connectivity index (χ1n) is 15.2. The molecular formula is C33H46O8. The molecule has 8 nitrogen and oxygen atoms in total. The average molecular weight is 571 g/mol. The minimum atomic E-state index is -0.520. The van der Waals surface area contributed by atoms with Crippen molar-refractivity contribution in [3.8, 4) is 5.75 Å². The largest absolute Gasteiger partial charge is 0.491 e. The van der Waals surface area contributed by atoms with E-state index in [1.54, 1.807) is 0 Å². The Labute approximate surface area is 244 Å². The van der Waals surface area contributed by atoms with Crippen LogP contribution < -0.4 is 4.74 Å². The third-order valence-corrected chi connectivity index (χ3v) is 7.87. The van der Waals surface area contributed by atoms with E-state index in [0.29, 0.717) is 45.5 Å². The number of carbonyl (C=O) groups excluding carboxylic acids is 1. The minimum absolute atomic E-state index is 0.0428. The molecule has 226 valence electrons. The van der Waals surface area contributed by atoms with E-state index in [4.69, 9.17) is 23.7 Å². The number of methoxy groups -OCH3 is 1. The van der Waals surface area contributed by atoms with Crippen molar-refractivity contribution in [2.45, 2.75) is 95.1 Å². The van der Waals surface area contributed by atoms with Crippen molar-refractivity contribution in [1.82, 2.24) is 0 Å². The summed E-state index contributed by atoms with van der Waals surface area (Å²) in [7, 11) is 1.39. The lowest BCUT2D eigenvalue weighted by molar-refractivity contribution is -0.193. The van der Waals surface area contributed by atoms with Gasteiger partial charge in [0.2, 0.25) is 0 Å². The lowest BCUT2D eigenvalue weighted by Crippen LogP contribution is -2.32. The van der Waals surface area contributed by atoms with Gasteiger partial charge in [0.05, 0.1) is 19.3 Å². The van der Waals surface area contributed by atoms with Crippen LogP contribution in [0.2, 0.25) is 0 Å². The maximum Gasteiger partial charge on any atom is 0.305 e. The molecule has 4 rings (SSSR count). The molecule has 2 aliphatic heterocycles. The Hall–Kier alpha value is -2.45. The third-order valence-electron chi connectivity index (χ3n) is 7.87. The summed E-state index contributed by atoms with van der Waals surface area (Å²) in [5.74, 6) is 0.450. The number of para-hydroxylation sites is 1. The summed E-state index contributed by atoms with van der Waals surface area (Å²) in [6, 6.07) is 9.71. The minimum Gasteiger partial charge on any atom is -0.491 e. The van der Waals surface area contributed by atoms with Crippen LogP contribution in [-0.2, 0) is 28.5 Å². The molecule has 41 heavy (non-hydrogen) atoms. The van der Waals surface area contributed by atoms with Gasteiger partial charge in [0.15, 0.2) is 12.6 Å². The lowest BCUT2D eigenvalue weighted by atomic mass is 9.89. The van der Waals surface area contributed by atoms with E-state index >= 15 is 0 Å². The van der Waals surface area contributed by atoms with Gasteiger partial charge in [-0.3, -0.25) is 4.79 Å². The summed E-state index contributed by atoms with van der Waals surface area (Å²) in [5, 5.41) is 11.1. The van der Waals surface area contributed by atoms with Crippen LogP contribution in [-0.4, -0.2) is 68.9 Å². The first kappa shape index (κ1) is 31.5. The molecular weight excluding hydrogens is 524 g/mol. The van der Waals surface area contributed by atoms with Crippen LogP contribution in [0.1, 0.15) is 64.2 Å². The van der Waals surface area contributed by atoms with E-state index in [9.17, 15) is 9.90 Å². The van der Waals surface area contributed by atoms with Crippen molar-refractivity contribution in [3.63, 3.8) is 0 Å². The summed E-state index contributed by atoms with van der Waals surface area (Å²) >= 11 is 0. The summed E-state index contributed by atoms with van der Waals surface area (Å²) in [6.07, 6.45) is 14.5. The van der Waals surface area contributed by atoms with E-state index in [0.717, 1.165) is 44.3 Å². The van der Waals surface area contributed by atoms with Gasteiger partial charge >= 0.3 is 5.97 Å². The van der Waals surface area contributed by atoms with E-state index in [2.05, 4.69) is 16.5 Å². The first-order valence-corrected chi connectivity index (χ1v) is 15.2. The van der Waals surface area contributed by atoms with E-state index in [1.807, 2.05) is 48.6 Å². The van der Waals surface area contributed by atoms with E-state index < -0.39 is 6.10 Å². The molecule has 0 spiro atoms. The lowest BCUT2D eigenvalue weighted by Gasteiger charge is -2.29. The van der Waals surface area contributed by atoms with Crippen LogP contribution in [0, 0.1) is 11.8 Å². The monoisotopic (exact) mass is 570 g/mol. The first-order chi connectivity index (χ1) is 20.1. The van der Waals surface area contributed by atoms with E-state index in [-0.39, 0.29) is 42.6 Å². The number of aliphatic hydroxyl groups is 1. The van der Waals surface area contributed by atoms with Crippen molar-refractivity contribution in [1.29, 1.82) is 0 Å². The van der Waals surface area contributed by atoms with Gasteiger partial charge in [0.1, 0.15) is 18.5 Å². The topological polar surface area (TPSA) is 92.7 Å². The normalized spacial score (nSPS) is 29.0. The van der Waals surface area contributed by atoms with Crippen LogP contribution in [0.25, 0.3) is 0 Å². The molecule has 3 aliphatic rings. The van der Waals surface area contributed by atoms with E-state index in [1.165, 1.54) is 7.11 Å². The van der Waals surface area contributed by atoms with Crippen LogP contribution in [0.5, 0.6) is 5.75 Å². The summed E-state index contributed by atoms with van der Waals surface area (Å²) in [6.45, 7) is 1.76. The number of hydrogen-bond donors (Lipinski definition) is 1. The molecule has 1 aliphatic carbocycles. The molecule has 2 heterocycles. The zero-order valence-corrected chi connectivity index (χ0v) is 24.2. The van der Waals surface area contributed by atoms with Gasteiger partial charge in [0, 0.05) is 32.0 Å². The standard InChI is InChI=1S/C33H46O8/c1-36-31(35)16-8-3-2-7-15-27-28(30(23-29(27)34)41-33-18-10-12-22-38-33)20-19-26(40-32-17-9-11-21-37-32)24-39-25-13-5-4-6-14-25/h3-7,13-14,19-20,26-30,32-34H,8-12,15-18,21-24H2,1H3/b20-19+/t2?,26?,27-,28-,29?,30?,32?,33?/m1/s1. The predicted octanol–water partition coefficient (Wildman–Crippen LogP) is 5.50. The number of benzene rings is 1. The fraction of sp³-hybridized carbons (Fsp3) is 0.636. The maximum absolute atomic E-state index is 11.3. The quantitative estimate of drug-likeness (QED) is 0.178. The highest BCUT2D eigenvalue weighted by Crippen LogP contribution is 2.39. The number of hydrogen-bond acceptors (Lipinski definition) is 8. The number of esters is 1. The second-order valence-electron chi connectivity index (χ2n) is 10.9. The second kappa shape index (κ2) is 17.5. The molecule has 2 saturated heterocycles. The van der Waals surface area contributed by atoms with Gasteiger partial charge in [-0.25, -0.2) is 0 Å². The second-order valence-corrected chi connectivity index (χ2v) is 10.9. The van der Waals surface area contributed by atoms with Gasteiger partial charge in [-0.05, 0) is 81.6 Å². The Morgan fingerprint density at radius 3 is 2.54 bits per heavy atom. The Kier molecular flexibility index (Phi) is 13.4. The zero-order valence-electron chi connectivity index (χ0n) is 24.2. The number of carbonyl (C=O) groups is 1. The smallest absolute Gasteiger partial charge is 0.305 e. The highest BCUT2D eigenvalue weighted by molar-refractivity contribution is 5.69. The zero-order chi connectivity index (χ0) is 28.7. The number of aliphatic hydroxyl groups excluding tert-OH is 1. The Balaban J connectivity index is 1.46. The molecule has 0 amide bonds. The van der Waals surface area contributed by atoms with Crippen LogP contribution in [0.3, 0.4) is 0 Å². The average Bonchev–Trinajstić information content (AvgIpc) is 3.30. The highest BCUT2D eigenvalue weighted by atomic mass is 16.7. The molecule has 0 bridgehead atoms. The fourth-order valence-corrected chi connectivity index (χ4v) is 5.61. The van der Waals surface area contributed by atoms with Crippen LogP contribution >= 0.6 is 0 Å². The number of ether oxygens (including phenoxy) is 6. The molecule has 5 unspecified atom stereocenters. The fourth-order valence-electron chi connectivity index (χ4n) is 5.61. The molecule has 3 fully saturated rings. The van der Waals surface area contributed by atoms with Gasteiger partial charge in [-0.1, -0.05) is 30.4 Å². The summed E-state index contributed by atoms with van der Waals surface area (Å²) in [5.41, 5.74) is 3.17. The third kappa shape index (κ3) is 10.7. The van der Waals surface area contributed by atoms with Gasteiger partial charge in [0.25, 0.3) is 0 Å². The predicted molar refractivity (Wildman–Crippen MR) is 154 cm³/mol. The molecule has 7 atom stereocenters. The molecule has 1 aromatic carbocycles. The van der Waals surface area contributed by atoms with Crippen molar-refractivity contribution in [2.24, 2.45) is 11.8 Å². The molecule has 0 radical (unpaired) electrons. The van der Waals surface area contributed by atoms with Crippen LogP contribution in [0.4, 0.5) is 0 Å². The molecule has 8 heteroatoms. The Morgan fingerprint density at radius 2 is 1.83 bits per heavy atom. The number of rotatable bonds is 14. The van der Waals surface area contributed by atoms with Crippen molar-refractivity contribution in [3.05, 3.63) is 60.4 Å². The Morgan fingerprint density at radius 1 is 1.07 bits per heavy atom. The van der Waals surface area contributed by atoms with Crippen molar-refractivity contribution in [2.75, 3.05) is 26.9 Å². The van der Waals surface area contributed by atoms with Gasteiger partial charge in [-0.2, -0.15) is 0 Å².